The molecule has 0 spiro atoms. The number of aryl methyl sites for hydroxylation is 2. The third-order valence-electron chi connectivity index (χ3n) is 5.79. The first-order valence-electron chi connectivity index (χ1n) is 11.5. The number of ether oxygens (including phenoxy) is 2. The molecule has 1 heterocycles. The summed E-state index contributed by atoms with van der Waals surface area (Å²) in [5.74, 6) is -1.06. The molecule has 0 radical (unpaired) electrons. The highest BCUT2D eigenvalue weighted by molar-refractivity contribution is 9.10. The maximum atomic E-state index is 13.3. The summed E-state index contributed by atoms with van der Waals surface area (Å²) >= 11 is 3.48. The van der Waals surface area contributed by atoms with Crippen molar-refractivity contribution in [3.8, 4) is 11.5 Å². The Hall–Kier alpha value is -3.98. The number of urea groups is 1. The van der Waals surface area contributed by atoms with Gasteiger partial charge in [-0.15, -0.1) is 0 Å². The molecule has 0 aromatic heterocycles. The van der Waals surface area contributed by atoms with Gasteiger partial charge in [-0.3, -0.25) is 14.9 Å². The van der Waals surface area contributed by atoms with E-state index in [0.29, 0.717) is 33.8 Å². The Bertz CT molecular complexity index is 1420. The minimum Gasteiger partial charge on any atom is -0.490 e. The molecule has 4 amide bonds. The van der Waals surface area contributed by atoms with Gasteiger partial charge >= 0.3 is 6.03 Å². The number of amides is 4. The number of anilines is 1. The molecule has 1 aliphatic heterocycles. The molecule has 9 heteroatoms. The second-order valence-electron chi connectivity index (χ2n) is 8.40. The van der Waals surface area contributed by atoms with Gasteiger partial charge in [0.25, 0.3) is 11.8 Å². The Labute approximate surface area is 222 Å². The number of nitrogens with one attached hydrogen (secondary N) is 1. The molecular formula is C28H24BrFN2O5. The van der Waals surface area contributed by atoms with Gasteiger partial charge in [-0.05, 0) is 101 Å². The van der Waals surface area contributed by atoms with E-state index in [9.17, 15) is 18.8 Å². The van der Waals surface area contributed by atoms with Gasteiger partial charge in [0.05, 0.1) is 16.8 Å². The number of benzene rings is 3. The SMILES string of the molecule is CCOc1cc(/C=C2\C(=O)NC(=O)N(c3ccc(C)c(C)c3)C2=O)cc(Br)c1OCc1ccc(F)cc1. The van der Waals surface area contributed by atoms with Crippen molar-refractivity contribution < 1.29 is 28.2 Å². The lowest BCUT2D eigenvalue weighted by atomic mass is 10.0. The molecule has 0 atom stereocenters. The third kappa shape index (κ3) is 5.72. The average molecular weight is 567 g/mol. The van der Waals surface area contributed by atoms with Crippen LogP contribution in [-0.4, -0.2) is 24.5 Å². The topological polar surface area (TPSA) is 84.9 Å². The Morgan fingerprint density at radius 1 is 0.973 bits per heavy atom. The zero-order valence-corrected chi connectivity index (χ0v) is 22.0. The Kier molecular flexibility index (Phi) is 7.73. The molecule has 3 aromatic carbocycles. The fourth-order valence-electron chi connectivity index (χ4n) is 3.73. The highest BCUT2D eigenvalue weighted by atomic mass is 79.9. The van der Waals surface area contributed by atoms with E-state index in [-0.39, 0.29) is 18.0 Å². The zero-order valence-electron chi connectivity index (χ0n) is 20.4. The number of rotatable bonds is 7. The zero-order chi connectivity index (χ0) is 26.7. The average Bonchev–Trinajstić information content (AvgIpc) is 2.84. The van der Waals surface area contributed by atoms with Gasteiger partial charge in [-0.2, -0.15) is 0 Å². The monoisotopic (exact) mass is 566 g/mol. The molecular weight excluding hydrogens is 543 g/mol. The van der Waals surface area contributed by atoms with E-state index in [1.807, 2.05) is 20.8 Å². The molecule has 0 saturated carbocycles. The molecule has 1 fully saturated rings. The van der Waals surface area contributed by atoms with E-state index in [1.54, 1.807) is 42.5 Å². The lowest BCUT2D eigenvalue weighted by Gasteiger charge is -2.27. The summed E-state index contributed by atoms with van der Waals surface area (Å²) in [7, 11) is 0. The summed E-state index contributed by atoms with van der Waals surface area (Å²) in [6.07, 6.45) is 1.40. The van der Waals surface area contributed by atoms with E-state index in [1.165, 1.54) is 18.2 Å². The van der Waals surface area contributed by atoms with Gasteiger partial charge in [0.15, 0.2) is 11.5 Å². The van der Waals surface area contributed by atoms with Crippen LogP contribution in [-0.2, 0) is 16.2 Å². The first kappa shape index (κ1) is 26.1. The molecule has 37 heavy (non-hydrogen) atoms. The number of imide groups is 2. The molecule has 0 bridgehead atoms. The number of carbonyl (C=O) groups is 3. The van der Waals surface area contributed by atoms with Crippen LogP contribution < -0.4 is 19.7 Å². The van der Waals surface area contributed by atoms with Gasteiger partial charge < -0.3 is 9.47 Å². The number of hydrogen-bond donors (Lipinski definition) is 1. The second kappa shape index (κ2) is 11.0. The van der Waals surface area contributed by atoms with Crippen molar-refractivity contribution in [1.82, 2.24) is 5.32 Å². The van der Waals surface area contributed by atoms with Crippen molar-refractivity contribution in [3.63, 3.8) is 0 Å². The second-order valence-corrected chi connectivity index (χ2v) is 9.26. The maximum Gasteiger partial charge on any atom is 0.335 e. The van der Waals surface area contributed by atoms with Crippen LogP contribution in [0.25, 0.3) is 6.08 Å². The minimum absolute atomic E-state index is 0.174. The number of carbonyl (C=O) groups excluding carboxylic acids is 3. The predicted molar refractivity (Wildman–Crippen MR) is 141 cm³/mol. The third-order valence-corrected chi connectivity index (χ3v) is 6.38. The van der Waals surface area contributed by atoms with Crippen molar-refractivity contribution in [2.24, 2.45) is 0 Å². The van der Waals surface area contributed by atoms with Crippen LogP contribution in [0, 0.1) is 19.7 Å². The van der Waals surface area contributed by atoms with Crippen LogP contribution in [0.4, 0.5) is 14.9 Å². The molecule has 1 aliphatic rings. The lowest BCUT2D eigenvalue weighted by Crippen LogP contribution is -2.54. The van der Waals surface area contributed by atoms with Crippen LogP contribution in [0.3, 0.4) is 0 Å². The molecule has 3 aromatic rings. The first-order valence-corrected chi connectivity index (χ1v) is 12.3. The normalized spacial score (nSPS) is 14.7. The summed E-state index contributed by atoms with van der Waals surface area (Å²) in [4.78, 5) is 39.4. The minimum atomic E-state index is -0.809. The van der Waals surface area contributed by atoms with Gasteiger partial charge in [0, 0.05) is 0 Å². The van der Waals surface area contributed by atoms with Crippen molar-refractivity contribution in [1.29, 1.82) is 0 Å². The van der Waals surface area contributed by atoms with Gasteiger partial charge in [0.2, 0.25) is 0 Å². The smallest absolute Gasteiger partial charge is 0.335 e. The highest BCUT2D eigenvalue weighted by Gasteiger charge is 2.37. The van der Waals surface area contributed by atoms with Crippen LogP contribution in [0.1, 0.15) is 29.2 Å². The summed E-state index contributed by atoms with van der Waals surface area (Å²) in [6, 6.07) is 13.6. The van der Waals surface area contributed by atoms with Crippen molar-refractivity contribution in [2.45, 2.75) is 27.4 Å². The van der Waals surface area contributed by atoms with E-state index < -0.39 is 17.8 Å². The van der Waals surface area contributed by atoms with Crippen LogP contribution in [0.15, 0.2) is 64.6 Å². The number of halogens is 2. The number of barbiturate groups is 1. The van der Waals surface area contributed by atoms with Crippen LogP contribution in [0.5, 0.6) is 11.5 Å². The number of hydrogen-bond acceptors (Lipinski definition) is 5. The quantitative estimate of drug-likeness (QED) is 0.286. The predicted octanol–water partition coefficient (Wildman–Crippen LogP) is 5.85. The van der Waals surface area contributed by atoms with Gasteiger partial charge in [-0.25, -0.2) is 14.1 Å². The van der Waals surface area contributed by atoms with Crippen LogP contribution in [0.2, 0.25) is 0 Å². The highest BCUT2D eigenvalue weighted by Crippen LogP contribution is 2.38. The fourth-order valence-corrected chi connectivity index (χ4v) is 4.31. The van der Waals surface area contributed by atoms with E-state index in [0.717, 1.165) is 21.6 Å². The maximum absolute atomic E-state index is 13.3. The van der Waals surface area contributed by atoms with E-state index in [2.05, 4.69) is 21.2 Å². The van der Waals surface area contributed by atoms with E-state index >= 15 is 0 Å². The molecule has 1 saturated heterocycles. The standard InChI is InChI=1S/C28H24BrFN2O5/c1-4-36-24-14-19(13-23(29)25(24)37-15-18-6-8-20(30)9-7-18)12-22-26(33)31-28(35)32(27(22)34)21-10-5-16(2)17(3)11-21/h5-14H,4,15H2,1-3H3,(H,31,33,35)/b22-12+. The molecule has 0 unspecified atom stereocenters. The van der Waals surface area contributed by atoms with Crippen molar-refractivity contribution in [3.05, 3.63) is 92.7 Å². The van der Waals surface area contributed by atoms with Crippen LogP contribution >= 0.6 is 15.9 Å². The molecule has 7 nitrogen and oxygen atoms in total. The lowest BCUT2D eigenvalue weighted by molar-refractivity contribution is -0.122. The Balaban J connectivity index is 1.66. The van der Waals surface area contributed by atoms with Gasteiger partial charge in [-0.1, -0.05) is 18.2 Å². The summed E-state index contributed by atoms with van der Waals surface area (Å²) in [5.41, 5.74) is 3.33. The largest absolute Gasteiger partial charge is 0.490 e. The number of nitrogens with zero attached hydrogens (tertiary/aromatic N) is 1. The first-order chi connectivity index (χ1) is 17.7. The molecule has 4 rings (SSSR count). The van der Waals surface area contributed by atoms with E-state index in [4.69, 9.17) is 9.47 Å². The van der Waals surface area contributed by atoms with Crippen molar-refractivity contribution >= 4 is 45.5 Å². The summed E-state index contributed by atoms with van der Waals surface area (Å²) in [5, 5.41) is 2.24. The molecule has 0 aliphatic carbocycles. The fraction of sp³-hybridized carbons (Fsp3) is 0.179. The summed E-state index contributed by atoms with van der Waals surface area (Å²) in [6.45, 7) is 6.13. The van der Waals surface area contributed by atoms with Crippen molar-refractivity contribution in [2.75, 3.05) is 11.5 Å². The summed E-state index contributed by atoms with van der Waals surface area (Å²) < 4.78 is 25.4. The van der Waals surface area contributed by atoms with Gasteiger partial charge in [0.1, 0.15) is 18.0 Å². The molecule has 1 N–H and O–H groups in total. The Morgan fingerprint density at radius 3 is 2.38 bits per heavy atom. The molecule has 190 valence electrons. The Morgan fingerprint density at radius 2 is 1.70 bits per heavy atom.